The van der Waals surface area contributed by atoms with Crippen LogP contribution in [0.4, 0.5) is 0 Å². The molecule has 0 radical (unpaired) electrons. The predicted octanol–water partition coefficient (Wildman–Crippen LogP) is 3.00. The molecule has 136 valence electrons. The molecule has 1 aliphatic heterocycles. The molecule has 2 amide bonds. The van der Waals surface area contributed by atoms with E-state index in [0.717, 1.165) is 11.1 Å². The van der Waals surface area contributed by atoms with Crippen LogP contribution in [0, 0.1) is 5.92 Å². The maximum Gasteiger partial charge on any atom is 0.243 e. The van der Waals surface area contributed by atoms with Crippen molar-refractivity contribution in [2.75, 3.05) is 5.75 Å². The maximum absolute atomic E-state index is 12.8. The average molecular weight is 369 g/mol. The summed E-state index contributed by atoms with van der Waals surface area (Å²) in [6.45, 7) is 4.16. The number of nitrogens with one attached hydrogen (secondary N) is 1. The zero-order valence-electron chi connectivity index (χ0n) is 15.0. The third-order valence-electron chi connectivity index (χ3n) is 4.33. The summed E-state index contributed by atoms with van der Waals surface area (Å²) in [5, 5.41) is 2.83. The van der Waals surface area contributed by atoms with Crippen molar-refractivity contribution in [2.24, 2.45) is 5.92 Å². The minimum atomic E-state index is -0.461. The fraction of sp³-hybridized carbons (Fsp3) is 0.350. The fourth-order valence-corrected chi connectivity index (χ4v) is 4.40. The molecule has 2 unspecified atom stereocenters. The number of nitrogens with zero attached hydrogens (tertiary/aromatic N) is 2. The summed E-state index contributed by atoms with van der Waals surface area (Å²) < 4.78 is 0. The van der Waals surface area contributed by atoms with Crippen LogP contribution < -0.4 is 5.32 Å². The summed E-state index contributed by atoms with van der Waals surface area (Å²) in [5.74, 6) is 0.323. The zero-order valence-corrected chi connectivity index (χ0v) is 15.8. The summed E-state index contributed by atoms with van der Waals surface area (Å²) in [5.41, 5.74) is 1.99. The monoisotopic (exact) mass is 369 g/mol. The Bertz CT molecular complexity index is 752. The van der Waals surface area contributed by atoms with Crippen molar-refractivity contribution >= 4 is 23.6 Å². The largest absolute Gasteiger partial charge is 0.350 e. The van der Waals surface area contributed by atoms with Crippen LogP contribution in [0.5, 0.6) is 0 Å². The minimum Gasteiger partial charge on any atom is -0.350 e. The third kappa shape index (κ3) is 4.07. The molecular formula is C20H23N3O2S. The molecular weight excluding hydrogens is 346 g/mol. The SMILES string of the molecule is CC(C)C(=O)N1C(C(=O)NCc2cccnc2)CSC1c1ccccc1. The number of pyridine rings is 1. The minimum absolute atomic E-state index is 0.00498. The number of aromatic nitrogens is 1. The number of hydrogen-bond donors (Lipinski definition) is 1. The highest BCUT2D eigenvalue weighted by molar-refractivity contribution is 7.99. The van der Waals surface area contributed by atoms with E-state index in [9.17, 15) is 9.59 Å². The van der Waals surface area contributed by atoms with Gasteiger partial charge in [-0.3, -0.25) is 14.6 Å². The lowest BCUT2D eigenvalue weighted by molar-refractivity contribution is -0.142. The Hall–Kier alpha value is -2.34. The van der Waals surface area contributed by atoms with E-state index in [1.165, 1.54) is 0 Å². The van der Waals surface area contributed by atoms with E-state index in [1.54, 1.807) is 29.1 Å². The smallest absolute Gasteiger partial charge is 0.243 e. The fourth-order valence-electron chi connectivity index (χ4n) is 2.96. The number of carbonyl (C=O) groups is 2. The number of amides is 2. The van der Waals surface area contributed by atoms with Gasteiger partial charge in [-0.1, -0.05) is 50.2 Å². The molecule has 5 nitrogen and oxygen atoms in total. The number of thioether (sulfide) groups is 1. The van der Waals surface area contributed by atoms with Crippen molar-refractivity contribution in [3.05, 3.63) is 66.0 Å². The molecule has 2 aromatic rings. The number of hydrogen-bond acceptors (Lipinski definition) is 4. The van der Waals surface area contributed by atoms with Crippen LogP contribution in [-0.2, 0) is 16.1 Å². The third-order valence-corrected chi connectivity index (χ3v) is 5.65. The second kappa shape index (κ2) is 8.36. The van der Waals surface area contributed by atoms with Gasteiger partial charge in [0.2, 0.25) is 11.8 Å². The Kier molecular flexibility index (Phi) is 5.93. The molecule has 26 heavy (non-hydrogen) atoms. The van der Waals surface area contributed by atoms with Crippen molar-refractivity contribution in [2.45, 2.75) is 31.8 Å². The van der Waals surface area contributed by atoms with Crippen LogP contribution in [0.3, 0.4) is 0 Å². The lowest BCUT2D eigenvalue weighted by Gasteiger charge is -2.30. The Morgan fingerprint density at radius 1 is 1.23 bits per heavy atom. The first kappa shape index (κ1) is 18.5. The summed E-state index contributed by atoms with van der Waals surface area (Å²) in [6, 6.07) is 13.2. The van der Waals surface area contributed by atoms with Crippen LogP contribution in [0.1, 0.15) is 30.3 Å². The molecule has 0 aliphatic carbocycles. The van der Waals surface area contributed by atoms with Gasteiger partial charge in [-0.05, 0) is 17.2 Å². The topological polar surface area (TPSA) is 62.3 Å². The summed E-state index contributed by atoms with van der Waals surface area (Å²) >= 11 is 1.64. The zero-order chi connectivity index (χ0) is 18.5. The molecule has 0 bridgehead atoms. The lowest BCUT2D eigenvalue weighted by atomic mass is 10.1. The van der Waals surface area contributed by atoms with Crippen molar-refractivity contribution in [1.82, 2.24) is 15.2 Å². The molecule has 1 saturated heterocycles. The summed E-state index contributed by atoms with van der Waals surface area (Å²) in [6.07, 6.45) is 3.43. The van der Waals surface area contributed by atoms with E-state index in [-0.39, 0.29) is 23.1 Å². The number of rotatable bonds is 5. The van der Waals surface area contributed by atoms with E-state index in [4.69, 9.17) is 0 Å². The highest BCUT2D eigenvalue weighted by Crippen LogP contribution is 2.42. The van der Waals surface area contributed by atoms with Gasteiger partial charge in [-0.15, -0.1) is 11.8 Å². The molecule has 2 heterocycles. The maximum atomic E-state index is 12.8. The second-order valence-corrected chi connectivity index (χ2v) is 7.70. The van der Waals surface area contributed by atoms with Crippen molar-refractivity contribution in [1.29, 1.82) is 0 Å². The van der Waals surface area contributed by atoms with Crippen LogP contribution in [0.25, 0.3) is 0 Å². The van der Waals surface area contributed by atoms with Crippen LogP contribution in [0.15, 0.2) is 54.9 Å². The van der Waals surface area contributed by atoms with Gasteiger partial charge in [0.05, 0.1) is 0 Å². The number of carbonyl (C=O) groups excluding carboxylic acids is 2. The number of benzene rings is 1. The van der Waals surface area contributed by atoms with Crippen LogP contribution in [0.2, 0.25) is 0 Å². The van der Waals surface area contributed by atoms with E-state index in [1.807, 2.05) is 56.3 Å². The van der Waals surface area contributed by atoms with Gasteiger partial charge in [0.15, 0.2) is 0 Å². The Morgan fingerprint density at radius 2 is 2.00 bits per heavy atom. The molecule has 1 aromatic heterocycles. The van der Waals surface area contributed by atoms with Gasteiger partial charge in [0, 0.05) is 30.6 Å². The van der Waals surface area contributed by atoms with Crippen molar-refractivity contribution in [3.63, 3.8) is 0 Å². The van der Waals surface area contributed by atoms with Gasteiger partial charge in [0.1, 0.15) is 11.4 Å². The molecule has 2 atom stereocenters. The van der Waals surface area contributed by atoms with Gasteiger partial charge in [-0.25, -0.2) is 0 Å². The molecule has 3 rings (SSSR count). The van der Waals surface area contributed by atoms with E-state index >= 15 is 0 Å². The van der Waals surface area contributed by atoms with E-state index in [2.05, 4.69) is 10.3 Å². The first-order chi connectivity index (χ1) is 12.6. The molecule has 1 aliphatic rings. The van der Waals surface area contributed by atoms with Gasteiger partial charge in [-0.2, -0.15) is 0 Å². The first-order valence-electron chi connectivity index (χ1n) is 8.73. The Balaban J connectivity index is 1.76. The molecule has 0 saturated carbocycles. The average Bonchev–Trinajstić information content (AvgIpc) is 3.12. The van der Waals surface area contributed by atoms with Crippen LogP contribution in [-0.4, -0.2) is 33.5 Å². The van der Waals surface area contributed by atoms with E-state index in [0.29, 0.717) is 12.3 Å². The summed E-state index contributed by atoms with van der Waals surface area (Å²) in [7, 11) is 0. The quantitative estimate of drug-likeness (QED) is 0.880. The van der Waals surface area contributed by atoms with E-state index < -0.39 is 6.04 Å². The molecule has 1 fully saturated rings. The second-order valence-electron chi connectivity index (χ2n) is 6.59. The Morgan fingerprint density at radius 3 is 2.65 bits per heavy atom. The highest BCUT2D eigenvalue weighted by Gasteiger charge is 2.42. The van der Waals surface area contributed by atoms with Crippen molar-refractivity contribution < 1.29 is 9.59 Å². The van der Waals surface area contributed by atoms with Crippen molar-refractivity contribution in [3.8, 4) is 0 Å². The summed E-state index contributed by atoms with van der Waals surface area (Å²) in [4.78, 5) is 31.4. The molecule has 6 heteroatoms. The van der Waals surface area contributed by atoms with Gasteiger partial charge < -0.3 is 10.2 Å². The lowest BCUT2D eigenvalue weighted by Crippen LogP contribution is -2.49. The highest BCUT2D eigenvalue weighted by atomic mass is 32.2. The molecule has 1 aromatic carbocycles. The van der Waals surface area contributed by atoms with Gasteiger partial charge in [0.25, 0.3) is 0 Å². The normalized spacial score (nSPS) is 19.6. The standard InChI is InChI=1S/C20H23N3O2S/c1-14(2)19(25)23-17(13-26-20(23)16-8-4-3-5-9-16)18(24)22-12-15-7-6-10-21-11-15/h3-11,14,17,20H,12-13H2,1-2H3,(H,22,24). The van der Waals surface area contributed by atoms with Gasteiger partial charge >= 0.3 is 0 Å². The predicted molar refractivity (Wildman–Crippen MR) is 103 cm³/mol. The molecule has 1 N–H and O–H groups in total. The first-order valence-corrected chi connectivity index (χ1v) is 9.78. The van der Waals surface area contributed by atoms with Crippen LogP contribution >= 0.6 is 11.8 Å². The Labute approximate surface area is 158 Å². The molecule has 0 spiro atoms.